The van der Waals surface area contributed by atoms with E-state index in [1.807, 2.05) is 18.2 Å². The Bertz CT molecular complexity index is 633. The van der Waals surface area contributed by atoms with Crippen LogP contribution in [0, 0.1) is 6.92 Å². The van der Waals surface area contributed by atoms with Gasteiger partial charge in [0.2, 0.25) is 0 Å². The summed E-state index contributed by atoms with van der Waals surface area (Å²) in [5.41, 5.74) is 4.55. The molecule has 0 saturated carbocycles. The summed E-state index contributed by atoms with van der Waals surface area (Å²) in [6, 6.07) is 16.6. The van der Waals surface area contributed by atoms with E-state index in [1.165, 1.54) is 16.7 Å². The zero-order chi connectivity index (χ0) is 14.1. The van der Waals surface area contributed by atoms with Crippen molar-refractivity contribution in [2.75, 3.05) is 6.54 Å². The van der Waals surface area contributed by atoms with Gasteiger partial charge in [0, 0.05) is 18.0 Å². The lowest BCUT2D eigenvalue weighted by Gasteiger charge is -2.31. The Kier molecular flexibility index (Phi) is 3.31. The summed E-state index contributed by atoms with van der Waals surface area (Å²) >= 11 is 0. The smallest absolute Gasteiger partial charge is 0.251 e. The van der Waals surface area contributed by atoms with E-state index >= 15 is 0 Å². The lowest BCUT2D eigenvalue weighted by atomic mass is 9.78. The summed E-state index contributed by atoms with van der Waals surface area (Å²) in [6.45, 7) is 5.03. The number of hydrogen-bond acceptors (Lipinski definition) is 1. The van der Waals surface area contributed by atoms with Gasteiger partial charge in [0.25, 0.3) is 5.91 Å². The molecule has 2 aromatic rings. The van der Waals surface area contributed by atoms with Crippen molar-refractivity contribution in [2.45, 2.75) is 25.7 Å². The molecule has 1 heterocycles. The van der Waals surface area contributed by atoms with E-state index in [9.17, 15) is 4.79 Å². The first kappa shape index (κ1) is 12.9. The number of carbonyl (C=O) groups excluding carboxylic acids is 1. The van der Waals surface area contributed by atoms with E-state index in [2.05, 4.69) is 49.5 Å². The molecule has 2 atom stereocenters. The van der Waals surface area contributed by atoms with Gasteiger partial charge in [0.1, 0.15) is 0 Å². The van der Waals surface area contributed by atoms with Gasteiger partial charge in [-0.25, -0.2) is 0 Å². The maximum Gasteiger partial charge on any atom is 0.251 e. The highest BCUT2D eigenvalue weighted by atomic mass is 16.1. The zero-order valence-electron chi connectivity index (χ0n) is 11.9. The molecule has 2 aromatic carbocycles. The lowest BCUT2D eigenvalue weighted by molar-refractivity contribution is 0.0938. The number of hydrogen-bond donors (Lipinski definition) is 1. The van der Waals surface area contributed by atoms with Crippen LogP contribution in [0.4, 0.5) is 0 Å². The van der Waals surface area contributed by atoms with E-state index < -0.39 is 0 Å². The zero-order valence-corrected chi connectivity index (χ0v) is 11.9. The van der Waals surface area contributed by atoms with E-state index in [0.717, 1.165) is 5.56 Å². The van der Waals surface area contributed by atoms with Crippen LogP contribution in [0.25, 0.3) is 0 Å². The molecule has 0 aliphatic carbocycles. The molecular weight excluding hydrogens is 246 g/mol. The Labute approximate surface area is 119 Å². The molecule has 1 N–H and O–H groups in total. The fourth-order valence-corrected chi connectivity index (χ4v) is 3.04. The standard InChI is InChI=1S/C18H19NO/c1-12-8-9-15-16(10-12)17(11-19-18(15)20)13(2)14-6-4-3-5-7-14/h3-10,13,17H,11H2,1-2H3,(H,19,20). The molecule has 0 radical (unpaired) electrons. The molecule has 0 aromatic heterocycles. The van der Waals surface area contributed by atoms with Gasteiger partial charge in [-0.3, -0.25) is 4.79 Å². The van der Waals surface area contributed by atoms with Crippen LogP contribution in [0.2, 0.25) is 0 Å². The highest BCUT2D eigenvalue weighted by Gasteiger charge is 2.29. The molecule has 2 heteroatoms. The fourth-order valence-electron chi connectivity index (χ4n) is 3.04. The molecule has 3 rings (SSSR count). The molecule has 1 amide bonds. The van der Waals surface area contributed by atoms with E-state index in [-0.39, 0.29) is 5.91 Å². The SMILES string of the molecule is Cc1ccc2c(c1)C(C(C)c1ccccc1)CNC2=O. The molecule has 0 saturated heterocycles. The van der Waals surface area contributed by atoms with Gasteiger partial charge < -0.3 is 5.32 Å². The molecule has 2 nitrogen and oxygen atoms in total. The third kappa shape index (κ3) is 2.22. The molecule has 2 unspecified atom stereocenters. The number of amides is 1. The molecule has 1 aliphatic heterocycles. The van der Waals surface area contributed by atoms with Gasteiger partial charge in [-0.2, -0.15) is 0 Å². The predicted molar refractivity (Wildman–Crippen MR) is 81.1 cm³/mol. The van der Waals surface area contributed by atoms with Crippen LogP contribution in [0.5, 0.6) is 0 Å². The average molecular weight is 265 g/mol. The first-order chi connectivity index (χ1) is 9.66. The summed E-state index contributed by atoms with van der Waals surface area (Å²) in [5.74, 6) is 0.777. The second kappa shape index (κ2) is 5.12. The van der Waals surface area contributed by atoms with Crippen LogP contribution >= 0.6 is 0 Å². The number of carbonyl (C=O) groups is 1. The minimum Gasteiger partial charge on any atom is -0.351 e. The minimum absolute atomic E-state index is 0.0523. The maximum atomic E-state index is 12.0. The second-order valence-corrected chi connectivity index (χ2v) is 5.61. The van der Waals surface area contributed by atoms with Gasteiger partial charge in [0.05, 0.1) is 0 Å². The first-order valence-electron chi connectivity index (χ1n) is 7.10. The number of benzene rings is 2. The average Bonchev–Trinajstić information content (AvgIpc) is 2.48. The minimum atomic E-state index is 0.0523. The normalized spacial score (nSPS) is 19.1. The summed E-state index contributed by atoms with van der Waals surface area (Å²) < 4.78 is 0. The van der Waals surface area contributed by atoms with Gasteiger partial charge in [-0.05, 0) is 30.0 Å². The van der Waals surface area contributed by atoms with Crippen molar-refractivity contribution >= 4 is 5.91 Å². The van der Waals surface area contributed by atoms with Crippen LogP contribution in [-0.4, -0.2) is 12.5 Å². The fraction of sp³-hybridized carbons (Fsp3) is 0.278. The van der Waals surface area contributed by atoms with Crippen molar-refractivity contribution in [3.05, 3.63) is 70.8 Å². The highest BCUT2D eigenvalue weighted by molar-refractivity contribution is 5.97. The third-order valence-electron chi connectivity index (χ3n) is 4.26. The third-order valence-corrected chi connectivity index (χ3v) is 4.26. The largest absolute Gasteiger partial charge is 0.351 e. The Balaban J connectivity index is 2.02. The Morgan fingerprint density at radius 2 is 1.90 bits per heavy atom. The van der Waals surface area contributed by atoms with Crippen molar-refractivity contribution in [2.24, 2.45) is 0 Å². The molecule has 20 heavy (non-hydrogen) atoms. The van der Waals surface area contributed by atoms with Crippen LogP contribution in [0.3, 0.4) is 0 Å². The van der Waals surface area contributed by atoms with Crippen molar-refractivity contribution in [1.82, 2.24) is 5.32 Å². The molecule has 1 aliphatic rings. The molecule has 102 valence electrons. The number of rotatable bonds is 2. The quantitative estimate of drug-likeness (QED) is 0.882. The van der Waals surface area contributed by atoms with Gasteiger partial charge in [-0.15, -0.1) is 0 Å². The molecule has 0 fully saturated rings. The van der Waals surface area contributed by atoms with E-state index in [0.29, 0.717) is 18.4 Å². The van der Waals surface area contributed by atoms with Crippen molar-refractivity contribution < 1.29 is 4.79 Å². The number of aryl methyl sites for hydroxylation is 1. The second-order valence-electron chi connectivity index (χ2n) is 5.61. The van der Waals surface area contributed by atoms with Crippen LogP contribution < -0.4 is 5.32 Å². The van der Waals surface area contributed by atoms with Crippen molar-refractivity contribution in [1.29, 1.82) is 0 Å². The molecule has 0 bridgehead atoms. The maximum absolute atomic E-state index is 12.0. The predicted octanol–water partition coefficient (Wildman–Crippen LogP) is 3.63. The highest BCUT2D eigenvalue weighted by Crippen LogP contribution is 2.36. The van der Waals surface area contributed by atoms with Crippen molar-refractivity contribution in [3.63, 3.8) is 0 Å². The first-order valence-corrected chi connectivity index (χ1v) is 7.10. The topological polar surface area (TPSA) is 29.1 Å². The van der Waals surface area contributed by atoms with Crippen LogP contribution in [0.1, 0.15) is 45.8 Å². The summed E-state index contributed by atoms with van der Waals surface area (Å²) in [6.07, 6.45) is 0. The van der Waals surface area contributed by atoms with Crippen LogP contribution in [0.15, 0.2) is 48.5 Å². The van der Waals surface area contributed by atoms with E-state index in [1.54, 1.807) is 0 Å². The van der Waals surface area contributed by atoms with Gasteiger partial charge >= 0.3 is 0 Å². The molecular formula is C18H19NO. The Hall–Kier alpha value is -2.09. The number of nitrogens with one attached hydrogen (secondary N) is 1. The van der Waals surface area contributed by atoms with Crippen LogP contribution in [-0.2, 0) is 0 Å². The summed E-state index contributed by atoms with van der Waals surface area (Å²) in [5, 5.41) is 3.02. The molecule has 0 spiro atoms. The summed E-state index contributed by atoms with van der Waals surface area (Å²) in [7, 11) is 0. The van der Waals surface area contributed by atoms with Crippen molar-refractivity contribution in [3.8, 4) is 0 Å². The van der Waals surface area contributed by atoms with Gasteiger partial charge in [-0.1, -0.05) is 55.0 Å². The van der Waals surface area contributed by atoms with E-state index in [4.69, 9.17) is 0 Å². The number of fused-ring (bicyclic) bond motifs is 1. The summed E-state index contributed by atoms with van der Waals surface area (Å²) in [4.78, 5) is 12.0. The monoisotopic (exact) mass is 265 g/mol. The Morgan fingerprint density at radius 3 is 2.65 bits per heavy atom. The lowest BCUT2D eigenvalue weighted by Crippen LogP contribution is -2.36. The van der Waals surface area contributed by atoms with Gasteiger partial charge in [0.15, 0.2) is 0 Å². The Morgan fingerprint density at radius 1 is 1.15 bits per heavy atom.